The van der Waals surface area contributed by atoms with Crippen molar-refractivity contribution in [1.29, 1.82) is 0 Å². The van der Waals surface area contributed by atoms with E-state index in [1.165, 1.54) is 0 Å². The summed E-state index contributed by atoms with van der Waals surface area (Å²) < 4.78 is 7.25. The zero-order valence-corrected chi connectivity index (χ0v) is 13.6. The number of nitrogens with two attached hydrogens (primary N) is 1. The molecule has 2 aromatic heterocycles. The van der Waals surface area contributed by atoms with Crippen LogP contribution in [0.15, 0.2) is 30.3 Å². The Hall–Kier alpha value is -2.89. The monoisotopic (exact) mass is 322 g/mol. The Bertz CT molecular complexity index is 957. The van der Waals surface area contributed by atoms with Gasteiger partial charge in [-0.25, -0.2) is 9.50 Å². The first-order valence-electron chi connectivity index (χ1n) is 7.93. The van der Waals surface area contributed by atoms with Gasteiger partial charge in [0.2, 0.25) is 5.91 Å². The van der Waals surface area contributed by atoms with Crippen molar-refractivity contribution >= 4 is 11.6 Å². The third-order valence-corrected chi connectivity index (χ3v) is 4.41. The molecule has 1 fully saturated rings. The summed E-state index contributed by atoms with van der Waals surface area (Å²) in [5.74, 6) is 1.60. The summed E-state index contributed by atoms with van der Waals surface area (Å²) in [6.07, 6.45) is 2.28. The van der Waals surface area contributed by atoms with E-state index in [0.29, 0.717) is 22.9 Å². The molecule has 1 aromatic carbocycles. The van der Waals surface area contributed by atoms with Crippen LogP contribution in [-0.4, -0.2) is 27.6 Å². The molecule has 2 N–H and O–H groups in total. The van der Waals surface area contributed by atoms with Crippen molar-refractivity contribution in [3.05, 3.63) is 47.3 Å². The lowest BCUT2D eigenvalue weighted by atomic mass is 10.0. The van der Waals surface area contributed by atoms with E-state index < -0.39 is 5.91 Å². The van der Waals surface area contributed by atoms with Gasteiger partial charge in [-0.05, 0) is 49.6 Å². The summed E-state index contributed by atoms with van der Waals surface area (Å²) >= 11 is 0. The van der Waals surface area contributed by atoms with Gasteiger partial charge in [0.15, 0.2) is 17.2 Å². The van der Waals surface area contributed by atoms with E-state index in [2.05, 4.69) is 10.1 Å². The highest BCUT2D eigenvalue weighted by Crippen LogP contribution is 2.39. The normalized spacial score (nSPS) is 14.1. The molecule has 0 spiro atoms. The van der Waals surface area contributed by atoms with Crippen LogP contribution in [0.2, 0.25) is 0 Å². The Morgan fingerprint density at radius 1 is 1.29 bits per heavy atom. The fourth-order valence-electron chi connectivity index (χ4n) is 2.95. The molecule has 2 heterocycles. The number of fused-ring (bicyclic) bond motifs is 1. The molecule has 122 valence electrons. The number of aromatic nitrogens is 3. The van der Waals surface area contributed by atoms with Crippen LogP contribution in [0.1, 0.15) is 40.5 Å². The summed E-state index contributed by atoms with van der Waals surface area (Å²) in [7, 11) is 1.63. The van der Waals surface area contributed by atoms with Gasteiger partial charge < -0.3 is 10.5 Å². The van der Waals surface area contributed by atoms with E-state index in [1.54, 1.807) is 13.2 Å². The molecule has 1 aliphatic rings. The minimum Gasteiger partial charge on any atom is -0.493 e. The molecular formula is C18H18N4O2. The molecular weight excluding hydrogens is 304 g/mol. The number of benzene rings is 1. The SMILES string of the molecule is COc1ccc(-c2ccc(C(N)=O)c(C)c2)n2nc(C3CC3)nc12. The molecule has 1 amide bonds. The van der Waals surface area contributed by atoms with Crippen molar-refractivity contribution in [2.45, 2.75) is 25.7 Å². The molecule has 24 heavy (non-hydrogen) atoms. The fourth-order valence-corrected chi connectivity index (χ4v) is 2.95. The standard InChI is InChI=1S/C18H18N4O2/c1-10-9-12(5-6-13(10)16(19)23)14-7-8-15(24-2)18-20-17(11-3-4-11)21-22(14)18/h5-9,11H,3-4H2,1-2H3,(H2,19,23). The number of amides is 1. The van der Waals surface area contributed by atoms with E-state index in [9.17, 15) is 4.79 Å². The van der Waals surface area contributed by atoms with Crippen molar-refractivity contribution in [2.24, 2.45) is 5.73 Å². The average molecular weight is 322 g/mol. The number of pyridine rings is 1. The first-order chi connectivity index (χ1) is 11.6. The number of carbonyl (C=O) groups is 1. The van der Waals surface area contributed by atoms with Crippen LogP contribution < -0.4 is 10.5 Å². The Morgan fingerprint density at radius 2 is 2.08 bits per heavy atom. The summed E-state index contributed by atoms with van der Waals surface area (Å²) in [5.41, 5.74) is 9.34. The van der Waals surface area contributed by atoms with Crippen LogP contribution in [0.25, 0.3) is 16.9 Å². The molecule has 0 atom stereocenters. The number of ether oxygens (including phenoxy) is 1. The molecule has 0 bridgehead atoms. The van der Waals surface area contributed by atoms with Crippen LogP contribution in [0.4, 0.5) is 0 Å². The Labute approximate surface area is 139 Å². The maximum absolute atomic E-state index is 11.4. The highest BCUT2D eigenvalue weighted by molar-refractivity contribution is 5.94. The van der Waals surface area contributed by atoms with Crippen molar-refractivity contribution in [3.8, 4) is 17.0 Å². The molecule has 0 saturated heterocycles. The highest BCUT2D eigenvalue weighted by Gasteiger charge is 2.29. The molecule has 0 unspecified atom stereocenters. The number of hydrogen-bond donors (Lipinski definition) is 1. The molecule has 3 aromatic rings. The van der Waals surface area contributed by atoms with Gasteiger partial charge in [0.05, 0.1) is 12.8 Å². The number of hydrogen-bond acceptors (Lipinski definition) is 4. The van der Waals surface area contributed by atoms with E-state index in [1.807, 2.05) is 35.7 Å². The quantitative estimate of drug-likeness (QED) is 0.800. The van der Waals surface area contributed by atoms with Crippen LogP contribution >= 0.6 is 0 Å². The smallest absolute Gasteiger partial charge is 0.248 e. The van der Waals surface area contributed by atoms with Crippen LogP contribution in [-0.2, 0) is 0 Å². The second-order valence-corrected chi connectivity index (χ2v) is 6.16. The molecule has 1 saturated carbocycles. The second-order valence-electron chi connectivity index (χ2n) is 6.16. The maximum atomic E-state index is 11.4. The number of aryl methyl sites for hydroxylation is 1. The number of methoxy groups -OCH3 is 1. The summed E-state index contributed by atoms with van der Waals surface area (Å²) in [4.78, 5) is 16.1. The molecule has 4 rings (SSSR count). The lowest BCUT2D eigenvalue weighted by Crippen LogP contribution is -2.12. The van der Waals surface area contributed by atoms with E-state index >= 15 is 0 Å². The van der Waals surface area contributed by atoms with Gasteiger partial charge in [0.25, 0.3) is 0 Å². The van der Waals surface area contributed by atoms with Gasteiger partial charge >= 0.3 is 0 Å². The molecule has 6 nitrogen and oxygen atoms in total. The highest BCUT2D eigenvalue weighted by atomic mass is 16.5. The predicted octanol–water partition coefficient (Wildman–Crippen LogP) is 2.69. The van der Waals surface area contributed by atoms with Gasteiger partial charge in [-0.1, -0.05) is 6.07 Å². The Kier molecular flexibility index (Phi) is 3.26. The van der Waals surface area contributed by atoms with Crippen molar-refractivity contribution in [3.63, 3.8) is 0 Å². The van der Waals surface area contributed by atoms with Crippen molar-refractivity contribution in [1.82, 2.24) is 14.6 Å². The number of carbonyl (C=O) groups excluding carboxylic acids is 1. The fraction of sp³-hybridized carbons (Fsp3) is 0.278. The Balaban J connectivity index is 1.90. The predicted molar refractivity (Wildman–Crippen MR) is 90.2 cm³/mol. The molecule has 0 radical (unpaired) electrons. The molecule has 6 heteroatoms. The largest absolute Gasteiger partial charge is 0.493 e. The van der Waals surface area contributed by atoms with Gasteiger partial charge in [-0.15, -0.1) is 0 Å². The lowest BCUT2D eigenvalue weighted by molar-refractivity contribution is 0.0999. The second kappa shape index (κ2) is 5.33. The zero-order chi connectivity index (χ0) is 16.8. The number of rotatable bonds is 4. The minimum absolute atomic E-state index is 0.421. The van der Waals surface area contributed by atoms with Gasteiger partial charge in [-0.3, -0.25) is 4.79 Å². The summed E-state index contributed by atoms with van der Waals surface area (Å²) in [6, 6.07) is 9.43. The third kappa shape index (κ3) is 2.31. The van der Waals surface area contributed by atoms with Gasteiger partial charge in [-0.2, -0.15) is 5.10 Å². The van der Waals surface area contributed by atoms with E-state index in [0.717, 1.165) is 35.5 Å². The van der Waals surface area contributed by atoms with E-state index in [4.69, 9.17) is 10.5 Å². The van der Waals surface area contributed by atoms with E-state index in [-0.39, 0.29) is 0 Å². The van der Waals surface area contributed by atoms with Crippen LogP contribution in [0.5, 0.6) is 5.75 Å². The topological polar surface area (TPSA) is 82.5 Å². The lowest BCUT2D eigenvalue weighted by Gasteiger charge is -2.09. The molecule has 0 aliphatic heterocycles. The number of primary amides is 1. The van der Waals surface area contributed by atoms with Gasteiger partial charge in [0, 0.05) is 17.0 Å². The zero-order valence-electron chi connectivity index (χ0n) is 13.6. The van der Waals surface area contributed by atoms with Crippen LogP contribution in [0.3, 0.4) is 0 Å². The van der Waals surface area contributed by atoms with Crippen molar-refractivity contribution in [2.75, 3.05) is 7.11 Å². The maximum Gasteiger partial charge on any atom is 0.248 e. The van der Waals surface area contributed by atoms with Crippen molar-refractivity contribution < 1.29 is 9.53 Å². The summed E-state index contributed by atoms with van der Waals surface area (Å²) in [5, 5.41) is 4.68. The first-order valence-corrected chi connectivity index (χ1v) is 7.93. The Morgan fingerprint density at radius 3 is 2.71 bits per heavy atom. The number of nitrogens with zero attached hydrogens (tertiary/aromatic N) is 3. The third-order valence-electron chi connectivity index (χ3n) is 4.41. The van der Waals surface area contributed by atoms with Crippen LogP contribution in [0, 0.1) is 6.92 Å². The first kappa shape index (κ1) is 14.7. The minimum atomic E-state index is -0.421. The summed E-state index contributed by atoms with van der Waals surface area (Å²) in [6.45, 7) is 1.88. The average Bonchev–Trinajstić information content (AvgIpc) is 3.32. The molecule has 1 aliphatic carbocycles. The van der Waals surface area contributed by atoms with Gasteiger partial charge in [0.1, 0.15) is 0 Å².